The standard InChI is InChI=1S/C16H20N2O3S/c1-15(2)9-14-22(19,20)21-16(17-10-5-3-6-11-17)18-12-7-4-8-13-18/h3-13,16H,14H2,1-2H3/q+2. The van der Waals surface area contributed by atoms with E-state index < -0.39 is 16.5 Å². The molecule has 6 heteroatoms. The molecule has 0 aliphatic heterocycles. The van der Waals surface area contributed by atoms with Crippen molar-refractivity contribution in [3.05, 3.63) is 72.8 Å². The van der Waals surface area contributed by atoms with E-state index in [4.69, 9.17) is 4.18 Å². The molecule has 0 aliphatic carbocycles. The quantitative estimate of drug-likeness (QED) is 0.461. The molecular weight excluding hydrogens is 300 g/mol. The van der Waals surface area contributed by atoms with Crippen LogP contribution in [0.3, 0.4) is 0 Å². The summed E-state index contributed by atoms with van der Waals surface area (Å²) in [6.07, 6.45) is 7.90. The van der Waals surface area contributed by atoms with Gasteiger partial charge in [0.25, 0.3) is 10.1 Å². The Kier molecular flexibility index (Phi) is 5.41. The van der Waals surface area contributed by atoms with Crippen molar-refractivity contribution in [2.75, 3.05) is 5.75 Å². The fourth-order valence-electron chi connectivity index (χ4n) is 1.81. The lowest BCUT2D eigenvalue weighted by molar-refractivity contribution is -0.977. The molecule has 0 saturated heterocycles. The Morgan fingerprint density at radius 3 is 1.82 bits per heavy atom. The average molecular weight is 320 g/mol. The van der Waals surface area contributed by atoms with Crippen LogP contribution in [0.1, 0.15) is 20.2 Å². The lowest BCUT2D eigenvalue weighted by Gasteiger charge is -2.08. The summed E-state index contributed by atoms with van der Waals surface area (Å²) in [5.41, 5.74) is 0.934. The summed E-state index contributed by atoms with van der Waals surface area (Å²) in [5, 5.41) is 0. The van der Waals surface area contributed by atoms with Gasteiger partial charge >= 0.3 is 6.35 Å². The lowest BCUT2D eigenvalue weighted by Crippen LogP contribution is -2.58. The van der Waals surface area contributed by atoms with Crippen LogP contribution in [0.5, 0.6) is 0 Å². The minimum Gasteiger partial charge on any atom is -0.199 e. The number of rotatable bonds is 6. The van der Waals surface area contributed by atoms with E-state index in [0.29, 0.717) is 0 Å². The van der Waals surface area contributed by atoms with Gasteiger partial charge in [0.15, 0.2) is 24.8 Å². The number of hydrogen-bond acceptors (Lipinski definition) is 3. The first-order valence-corrected chi connectivity index (χ1v) is 8.51. The molecule has 0 aromatic carbocycles. The summed E-state index contributed by atoms with van der Waals surface area (Å²) in [5.74, 6) is -0.146. The summed E-state index contributed by atoms with van der Waals surface area (Å²) < 4.78 is 33.2. The smallest absolute Gasteiger partial charge is 0.199 e. The van der Waals surface area contributed by atoms with Crippen molar-refractivity contribution in [3.8, 4) is 0 Å². The van der Waals surface area contributed by atoms with E-state index in [2.05, 4.69) is 0 Å². The molecule has 22 heavy (non-hydrogen) atoms. The topological polar surface area (TPSA) is 51.1 Å². The maximum Gasteiger partial charge on any atom is 0.488 e. The Morgan fingerprint density at radius 1 is 0.955 bits per heavy atom. The van der Waals surface area contributed by atoms with Crippen LogP contribution in [-0.2, 0) is 14.3 Å². The molecule has 0 radical (unpaired) electrons. The van der Waals surface area contributed by atoms with Gasteiger partial charge in [-0.3, -0.25) is 0 Å². The first-order chi connectivity index (χ1) is 10.5. The Balaban J connectivity index is 2.32. The van der Waals surface area contributed by atoms with Crippen LogP contribution in [0, 0.1) is 0 Å². The fraction of sp³-hybridized carbons (Fsp3) is 0.250. The van der Waals surface area contributed by atoms with Crippen molar-refractivity contribution < 1.29 is 21.7 Å². The molecule has 0 unspecified atom stereocenters. The highest BCUT2D eigenvalue weighted by molar-refractivity contribution is 7.86. The molecule has 0 spiro atoms. The van der Waals surface area contributed by atoms with Crippen molar-refractivity contribution in [3.63, 3.8) is 0 Å². The highest BCUT2D eigenvalue weighted by atomic mass is 32.2. The van der Waals surface area contributed by atoms with Gasteiger partial charge in [-0.05, 0) is 13.8 Å². The molecule has 0 bridgehead atoms. The molecule has 116 valence electrons. The van der Waals surface area contributed by atoms with Gasteiger partial charge in [-0.15, -0.1) is 13.3 Å². The van der Waals surface area contributed by atoms with E-state index in [-0.39, 0.29) is 5.75 Å². The predicted octanol–water partition coefficient (Wildman–Crippen LogP) is 1.58. The zero-order chi connectivity index (χ0) is 16.0. The second-order valence-corrected chi connectivity index (χ2v) is 6.71. The van der Waals surface area contributed by atoms with Gasteiger partial charge < -0.3 is 0 Å². The molecule has 2 aromatic rings. The Morgan fingerprint density at radius 2 is 1.41 bits per heavy atom. The van der Waals surface area contributed by atoms with Crippen LogP contribution in [0.2, 0.25) is 0 Å². The van der Waals surface area contributed by atoms with Gasteiger partial charge in [-0.25, -0.2) is 0 Å². The largest absolute Gasteiger partial charge is 0.488 e. The Bertz CT molecular complexity index is 685. The number of allylic oxidation sites excluding steroid dienone is 1. The SMILES string of the molecule is CC(C)=CCS(=O)(=O)OC([n+]1ccccc1)[n+]1ccccc1. The monoisotopic (exact) mass is 320 g/mol. The van der Waals surface area contributed by atoms with Crippen LogP contribution in [0.15, 0.2) is 72.8 Å². The molecular formula is C16H20N2O3S+2. The van der Waals surface area contributed by atoms with Crippen LogP contribution in [0.25, 0.3) is 0 Å². The van der Waals surface area contributed by atoms with Crippen LogP contribution >= 0.6 is 0 Å². The maximum atomic E-state index is 12.2. The van der Waals surface area contributed by atoms with E-state index in [1.54, 1.807) is 40.0 Å². The van der Waals surface area contributed by atoms with Gasteiger partial charge in [0.05, 0.1) is 5.75 Å². The number of pyridine rings is 2. The van der Waals surface area contributed by atoms with E-state index in [1.807, 2.05) is 50.2 Å². The predicted molar refractivity (Wildman–Crippen MR) is 82.0 cm³/mol. The van der Waals surface area contributed by atoms with Crippen molar-refractivity contribution >= 4 is 10.1 Å². The van der Waals surface area contributed by atoms with Crippen LogP contribution in [0.4, 0.5) is 0 Å². The summed E-state index contributed by atoms with van der Waals surface area (Å²) in [4.78, 5) is 0. The molecule has 2 rings (SSSR count). The molecule has 0 atom stereocenters. The van der Waals surface area contributed by atoms with Gasteiger partial charge in [0.1, 0.15) is 0 Å². The minimum absolute atomic E-state index is 0.146. The zero-order valence-electron chi connectivity index (χ0n) is 12.7. The Hall–Kier alpha value is -2.05. The van der Waals surface area contributed by atoms with E-state index >= 15 is 0 Å². The number of aromatic nitrogens is 2. The number of hydrogen-bond donors (Lipinski definition) is 0. The third kappa shape index (κ3) is 4.75. The lowest BCUT2D eigenvalue weighted by atomic mass is 10.3. The van der Waals surface area contributed by atoms with Crippen molar-refractivity contribution in [2.45, 2.75) is 20.2 Å². The normalized spacial score (nSPS) is 11.4. The van der Waals surface area contributed by atoms with Crippen LogP contribution < -0.4 is 9.13 Å². The molecule has 0 aliphatic rings. The van der Waals surface area contributed by atoms with Gasteiger partial charge in [0, 0.05) is 24.3 Å². The van der Waals surface area contributed by atoms with Crippen molar-refractivity contribution in [1.29, 1.82) is 0 Å². The first-order valence-electron chi connectivity index (χ1n) is 6.94. The summed E-state index contributed by atoms with van der Waals surface area (Å²) >= 11 is 0. The second kappa shape index (κ2) is 7.29. The average Bonchev–Trinajstić information content (AvgIpc) is 2.53. The van der Waals surface area contributed by atoms with Crippen molar-refractivity contribution in [2.24, 2.45) is 0 Å². The van der Waals surface area contributed by atoms with Gasteiger partial charge in [0.2, 0.25) is 0 Å². The van der Waals surface area contributed by atoms with E-state index in [1.165, 1.54) is 0 Å². The van der Waals surface area contributed by atoms with Crippen molar-refractivity contribution in [1.82, 2.24) is 0 Å². The van der Waals surface area contributed by atoms with E-state index in [9.17, 15) is 8.42 Å². The van der Waals surface area contributed by atoms with Crippen LogP contribution in [-0.4, -0.2) is 14.2 Å². The molecule has 0 amide bonds. The summed E-state index contributed by atoms with van der Waals surface area (Å²) in [7, 11) is -3.69. The molecule has 0 fully saturated rings. The Labute approximate surface area is 131 Å². The third-order valence-corrected chi connectivity index (χ3v) is 3.96. The molecule has 0 N–H and O–H groups in total. The highest BCUT2D eigenvalue weighted by Gasteiger charge is 2.33. The first kappa shape index (κ1) is 16.3. The molecule has 2 aromatic heterocycles. The highest BCUT2D eigenvalue weighted by Crippen LogP contribution is 2.05. The molecule has 5 nitrogen and oxygen atoms in total. The molecule has 0 saturated carbocycles. The fourth-order valence-corrected chi connectivity index (χ4v) is 2.89. The summed E-state index contributed by atoms with van der Waals surface area (Å²) in [6, 6.07) is 11.0. The van der Waals surface area contributed by atoms with E-state index in [0.717, 1.165) is 5.57 Å². The second-order valence-electron chi connectivity index (χ2n) is 5.07. The summed E-state index contributed by atoms with van der Waals surface area (Å²) in [6.45, 7) is 3.70. The third-order valence-electron chi connectivity index (χ3n) is 2.92. The zero-order valence-corrected chi connectivity index (χ0v) is 13.5. The van der Waals surface area contributed by atoms with Gasteiger partial charge in [-0.2, -0.15) is 8.42 Å². The van der Waals surface area contributed by atoms with Gasteiger partial charge in [-0.1, -0.05) is 23.8 Å². The minimum atomic E-state index is -3.69. The number of nitrogens with zero attached hydrogens (tertiary/aromatic N) is 2. The maximum absolute atomic E-state index is 12.2. The molecule has 2 heterocycles.